The predicted molar refractivity (Wildman–Crippen MR) is 207 cm³/mol. The zero-order chi connectivity index (χ0) is 34.1. The van der Waals surface area contributed by atoms with Gasteiger partial charge in [-0.05, 0) is 90.7 Å². The summed E-state index contributed by atoms with van der Waals surface area (Å²) in [6, 6.07) is 44.6. The van der Waals surface area contributed by atoms with Gasteiger partial charge in [0.05, 0.1) is 0 Å². The quantitative estimate of drug-likeness (QED) is 0.187. The lowest BCUT2D eigenvalue weighted by Crippen LogP contribution is -2.12. The van der Waals surface area contributed by atoms with Crippen molar-refractivity contribution in [3.05, 3.63) is 165 Å². The van der Waals surface area contributed by atoms with Crippen molar-refractivity contribution in [2.45, 2.75) is 52.4 Å². The lowest BCUT2D eigenvalue weighted by molar-refractivity contribution is 0.590. The fraction of sp³-hybridized carbons (Fsp3) is 0.167. The highest BCUT2D eigenvalue weighted by molar-refractivity contribution is 6.10. The highest BCUT2D eigenvalue weighted by Gasteiger charge is 2.31. The smallest absolute Gasteiger partial charge is 0.143 e. The van der Waals surface area contributed by atoms with Gasteiger partial charge in [0, 0.05) is 44.2 Å². The first kappa shape index (κ1) is 29.3. The first-order chi connectivity index (χ1) is 24.0. The number of para-hydroxylation sites is 2. The van der Waals surface area contributed by atoms with Crippen molar-refractivity contribution in [3.8, 4) is 22.6 Å². The van der Waals surface area contributed by atoms with E-state index >= 15 is 0 Å². The van der Waals surface area contributed by atoms with E-state index in [-0.39, 0.29) is 10.8 Å². The molecule has 10 rings (SSSR count). The van der Waals surface area contributed by atoms with E-state index < -0.39 is 0 Å². The molecule has 0 atom stereocenters. The van der Waals surface area contributed by atoms with E-state index in [4.69, 9.17) is 8.83 Å². The van der Waals surface area contributed by atoms with E-state index in [2.05, 4.69) is 163 Å². The van der Waals surface area contributed by atoms with Gasteiger partial charge in [-0.3, -0.25) is 0 Å². The Kier molecular flexibility index (Phi) is 5.86. The van der Waals surface area contributed by atoms with Gasteiger partial charge in [-0.2, -0.15) is 0 Å². The zero-order valence-electron chi connectivity index (χ0n) is 29.4. The van der Waals surface area contributed by atoms with E-state index in [1.807, 2.05) is 0 Å². The maximum atomic E-state index is 6.68. The number of fused-ring (bicyclic) bond motifs is 11. The normalized spacial score (nSPS) is 13.7. The van der Waals surface area contributed by atoms with Gasteiger partial charge in [-0.25, -0.2) is 0 Å². The van der Waals surface area contributed by atoms with E-state index in [9.17, 15) is 0 Å². The van der Waals surface area contributed by atoms with Crippen LogP contribution in [0.3, 0.4) is 0 Å². The minimum atomic E-state index is 0.0842. The van der Waals surface area contributed by atoms with Gasteiger partial charge in [0.2, 0.25) is 0 Å². The molecule has 2 heterocycles. The van der Waals surface area contributed by atoms with Gasteiger partial charge >= 0.3 is 0 Å². The van der Waals surface area contributed by atoms with Crippen molar-refractivity contribution in [1.82, 2.24) is 0 Å². The summed E-state index contributed by atoms with van der Waals surface area (Å²) in [5.41, 5.74) is 14.2. The third kappa shape index (κ3) is 4.15. The van der Waals surface area contributed by atoms with Crippen LogP contribution in [0.15, 0.2) is 130 Å². The Balaban J connectivity index is 1.27. The molecule has 2 aliphatic carbocycles. The minimum Gasteiger partial charge on any atom is -0.455 e. The Labute approximate surface area is 292 Å². The number of benzene rings is 6. The molecular weight excluding hydrogens is 609 g/mol. The van der Waals surface area contributed by atoms with Crippen LogP contribution in [0, 0.1) is 0 Å². The third-order valence-corrected chi connectivity index (χ3v) is 10.9. The molecule has 0 bridgehead atoms. The Morgan fingerprint density at radius 1 is 0.420 bits per heavy atom. The van der Waals surface area contributed by atoms with Gasteiger partial charge in [-0.1, -0.05) is 126 Å². The van der Waals surface area contributed by atoms with Crippen molar-refractivity contribution in [3.63, 3.8) is 0 Å². The summed E-state index contributed by atoms with van der Waals surface area (Å²) >= 11 is 0. The lowest BCUT2D eigenvalue weighted by atomic mass is 9.85. The highest BCUT2D eigenvalue weighted by atomic mass is 16.3. The van der Waals surface area contributed by atoms with Crippen LogP contribution < -0.4 is 10.4 Å². The summed E-state index contributed by atoms with van der Waals surface area (Å²) in [6.45, 7) is 13.6. The van der Waals surface area contributed by atoms with Crippen molar-refractivity contribution in [2.75, 3.05) is 0 Å². The Bertz CT molecular complexity index is 2640. The summed E-state index contributed by atoms with van der Waals surface area (Å²) in [4.78, 5) is 0. The van der Waals surface area contributed by atoms with Crippen molar-refractivity contribution >= 4 is 43.9 Å². The van der Waals surface area contributed by atoms with E-state index in [1.54, 1.807) is 0 Å². The van der Waals surface area contributed by atoms with Crippen molar-refractivity contribution < 1.29 is 8.83 Å². The molecule has 0 spiro atoms. The zero-order valence-corrected chi connectivity index (χ0v) is 29.4. The van der Waals surface area contributed by atoms with Crippen LogP contribution >= 0.6 is 0 Å². The molecule has 0 radical (unpaired) electrons. The van der Waals surface area contributed by atoms with Crippen LogP contribution in [0.4, 0.5) is 0 Å². The van der Waals surface area contributed by atoms with Crippen LogP contribution in [0.1, 0.15) is 74.9 Å². The number of hydrogen-bond acceptors (Lipinski definition) is 2. The van der Waals surface area contributed by atoms with Crippen LogP contribution in [0.5, 0.6) is 0 Å². The van der Waals surface area contributed by atoms with Crippen molar-refractivity contribution in [2.24, 2.45) is 0 Å². The monoisotopic (exact) mass is 646 g/mol. The highest BCUT2D eigenvalue weighted by Crippen LogP contribution is 2.46. The number of furan rings is 2. The maximum Gasteiger partial charge on any atom is 0.143 e. The molecule has 0 saturated heterocycles. The number of hydrogen-bond donors (Lipinski definition) is 0. The van der Waals surface area contributed by atoms with Gasteiger partial charge in [0.25, 0.3) is 0 Å². The summed E-state index contributed by atoms with van der Waals surface area (Å²) in [5.74, 6) is 1.91. The van der Waals surface area contributed by atoms with Crippen LogP contribution in [0.25, 0.3) is 66.5 Å². The molecule has 0 fully saturated rings. The Hall–Kier alpha value is -5.60. The molecule has 8 aromatic rings. The fourth-order valence-electron chi connectivity index (χ4n) is 8.25. The van der Waals surface area contributed by atoms with Crippen molar-refractivity contribution in [1.29, 1.82) is 0 Å². The second-order valence-corrected chi connectivity index (χ2v) is 16.2. The molecule has 242 valence electrons. The molecule has 2 nitrogen and oxygen atoms in total. The molecule has 50 heavy (non-hydrogen) atoms. The Morgan fingerprint density at radius 2 is 0.800 bits per heavy atom. The summed E-state index contributed by atoms with van der Waals surface area (Å²) in [6.07, 6.45) is 0. The first-order valence-electron chi connectivity index (χ1n) is 17.7. The standard InChI is InChI=1S/C48H38O2/c1-47(2,3)31-19-15-27(16-20-31)41-35-23-29-26-38-36(24-30(29)25-37(35)45-43(41)33-11-7-9-13-39(33)49-45)42(28-17-21-32(22-18-28)48(4,5)6)44-34-12-8-10-14-40(34)50-46(38)44/h7-26H,1-6H3. The third-order valence-electron chi connectivity index (χ3n) is 10.9. The Morgan fingerprint density at radius 3 is 1.18 bits per heavy atom. The minimum absolute atomic E-state index is 0.0842. The largest absolute Gasteiger partial charge is 0.455 e. The van der Waals surface area contributed by atoms with Gasteiger partial charge in [-0.15, -0.1) is 0 Å². The van der Waals surface area contributed by atoms with E-state index in [0.717, 1.165) is 44.6 Å². The molecule has 0 amide bonds. The molecule has 6 aromatic carbocycles. The molecule has 0 aliphatic heterocycles. The second-order valence-electron chi connectivity index (χ2n) is 16.2. The van der Waals surface area contributed by atoms with Crippen LogP contribution in [0.2, 0.25) is 0 Å². The summed E-state index contributed by atoms with van der Waals surface area (Å²) in [5, 5.41) is 7.12. The van der Waals surface area contributed by atoms with E-state index in [1.165, 1.54) is 65.7 Å². The molecular formula is C48H38O2. The average Bonchev–Trinajstić information content (AvgIpc) is 3.82. The number of rotatable bonds is 2. The SMILES string of the molecule is CC(C)(C)c1ccc(C2=c3cc4cc5c(cc4cc3-c3oc4ccccc4c32)=C(c2ccc(C(C)(C)C)cc2)c2c-5oc3ccccc23)cc1. The average molecular weight is 647 g/mol. The molecule has 0 saturated carbocycles. The molecule has 2 aliphatic rings. The summed E-state index contributed by atoms with van der Waals surface area (Å²) < 4.78 is 13.4. The second kappa shape index (κ2) is 9.98. The first-order valence-corrected chi connectivity index (χ1v) is 17.7. The maximum absolute atomic E-state index is 6.68. The molecule has 0 N–H and O–H groups in total. The molecule has 0 unspecified atom stereocenters. The van der Waals surface area contributed by atoms with Crippen LogP contribution in [-0.4, -0.2) is 0 Å². The van der Waals surface area contributed by atoms with Gasteiger partial charge in [0.15, 0.2) is 0 Å². The summed E-state index contributed by atoms with van der Waals surface area (Å²) in [7, 11) is 0. The fourth-order valence-corrected chi connectivity index (χ4v) is 8.25. The van der Waals surface area contributed by atoms with E-state index in [0.29, 0.717) is 0 Å². The lowest BCUT2D eigenvalue weighted by Gasteiger charge is -2.19. The van der Waals surface area contributed by atoms with Gasteiger partial charge < -0.3 is 8.83 Å². The molecule has 2 aromatic heterocycles. The van der Waals surface area contributed by atoms with Gasteiger partial charge in [0.1, 0.15) is 22.7 Å². The van der Waals surface area contributed by atoms with Crippen LogP contribution in [-0.2, 0) is 10.8 Å². The topological polar surface area (TPSA) is 26.3 Å². The predicted octanol–water partition coefficient (Wildman–Crippen LogP) is 11.4. The molecule has 2 heteroatoms.